The van der Waals surface area contributed by atoms with Gasteiger partial charge in [0.2, 0.25) is 10.0 Å². The molecule has 0 aliphatic rings. The summed E-state index contributed by atoms with van der Waals surface area (Å²) in [6.45, 7) is 2.18. The van der Waals surface area contributed by atoms with Crippen LogP contribution in [0.25, 0.3) is 0 Å². The van der Waals surface area contributed by atoms with Crippen molar-refractivity contribution < 1.29 is 8.42 Å². The van der Waals surface area contributed by atoms with Gasteiger partial charge in [0.25, 0.3) is 0 Å². The summed E-state index contributed by atoms with van der Waals surface area (Å²) in [6, 6.07) is 3.57. The van der Waals surface area contributed by atoms with Crippen LogP contribution in [0.3, 0.4) is 0 Å². The molecule has 0 spiro atoms. The summed E-state index contributed by atoms with van der Waals surface area (Å²) in [7, 11) is -3.42. The molecule has 0 aromatic carbocycles. The van der Waals surface area contributed by atoms with Crippen LogP contribution in [0.4, 0.5) is 0 Å². The summed E-state index contributed by atoms with van der Waals surface area (Å²) in [5.41, 5.74) is 0.930. The van der Waals surface area contributed by atoms with Gasteiger partial charge in [0.1, 0.15) is 4.21 Å². The average molecular weight is 431 g/mol. The minimum Gasteiger partial charge on any atom is -0.206 e. The molecule has 0 aliphatic carbocycles. The zero-order valence-corrected chi connectivity index (χ0v) is 14.9. The van der Waals surface area contributed by atoms with Gasteiger partial charge in [-0.05, 0) is 56.5 Å². The molecule has 8 heteroatoms. The molecule has 0 unspecified atom stereocenters. The van der Waals surface area contributed by atoms with E-state index in [1.54, 1.807) is 6.07 Å². The zero-order valence-electron chi connectivity index (χ0n) is 9.24. The molecule has 0 aliphatic heterocycles. The fourth-order valence-electron chi connectivity index (χ4n) is 1.25. The van der Waals surface area contributed by atoms with Gasteiger partial charge < -0.3 is 0 Å². The van der Waals surface area contributed by atoms with Gasteiger partial charge in [0, 0.05) is 21.3 Å². The maximum Gasteiger partial charge on any atom is 0.250 e. The number of hydrogen-bond donors (Lipinski definition) is 1. The lowest BCUT2D eigenvalue weighted by Crippen LogP contribution is -2.21. The summed E-state index contributed by atoms with van der Waals surface area (Å²) in [5.74, 6) is 0. The Morgan fingerprint density at radius 1 is 1.33 bits per heavy atom. The van der Waals surface area contributed by atoms with Crippen LogP contribution in [0.2, 0.25) is 0 Å². The minimum atomic E-state index is -3.42. The third-order valence-electron chi connectivity index (χ3n) is 2.16. The van der Waals surface area contributed by atoms with Crippen molar-refractivity contribution in [2.24, 2.45) is 0 Å². The van der Waals surface area contributed by atoms with Gasteiger partial charge in [-0.1, -0.05) is 0 Å². The predicted molar refractivity (Wildman–Crippen MR) is 82.8 cm³/mol. The van der Waals surface area contributed by atoms with E-state index in [2.05, 4.69) is 36.6 Å². The highest BCUT2D eigenvalue weighted by Gasteiger charge is 2.18. The van der Waals surface area contributed by atoms with Gasteiger partial charge in [-0.2, -0.15) is 0 Å². The Hall–Kier alpha value is 0.270. The second kappa shape index (κ2) is 5.72. The van der Waals surface area contributed by atoms with E-state index in [0.717, 1.165) is 18.7 Å². The van der Waals surface area contributed by atoms with Crippen LogP contribution in [-0.2, 0) is 16.6 Å². The minimum absolute atomic E-state index is 0.313. The molecule has 2 aromatic rings. The van der Waals surface area contributed by atoms with E-state index < -0.39 is 10.0 Å². The number of nitrogens with one attached hydrogen (secondary N) is 1. The van der Waals surface area contributed by atoms with Gasteiger partial charge in [-0.15, -0.1) is 22.7 Å². The molecule has 98 valence electrons. The summed E-state index contributed by atoms with van der Waals surface area (Å²) in [5, 5.41) is 1.93. The van der Waals surface area contributed by atoms with E-state index in [0.29, 0.717) is 10.8 Å². The molecule has 0 fully saturated rings. The third kappa shape index (κ3) is 3.43. The van der Waals surface area contributed by atoms with E-state index in [4.69, 9.17) is 0 Å². The molecule has 18 heavy (non-hydrogen) atoms. The summed E-state index contributed by atoms with van der Waals surface area (Å²) < 4.78 is 28.8. The van der Waals surface area contributed by atoms with Crippen LogP contribution < -0.4 is 4.72 Å². The molecule has 0 saturated carbocycles. The second-order valence-corrected chi connectivity index (χ2v) is 9.85. The highest BCUT2D eigenvalue weighted by molar-refractivity contribution is 9.11. The number of sulfonamides is 1. The normalized spacial score (nSPS) is 11.9. The average Bonchev–Trinajstić information content (AvgIpc) is 2.84. The first kappa shape index (κ1) is 14.7. The predicted octanol–water partition coefficient (Wildman–Crippen LogP) is 4.12. The Morgan fingerprint density at radius 2 is 2.06 bits per heavy atom. The number of rotatable bonds is 4. The van der Waals surface area contributed by atoms with Crippen molar-refractivity contribution in [3.8, 4) is 0 Å². The maximum atomic E-state index is 12.0. The Balaban J connectivity index is 2.12. The van der Waals surface area contributed by atoms with Gasteiger partial charge in [-0.3, -0.25) is 0 Å². The molecule has 2 heterocycles. The fourth-order valence-corrected chi connectivity index (χ4v) is 6.01. The Kier molecular flexibility index (Phi) is 4.66. The summed E-state index contributed by atoms with van der Waals surface area (Å²) in [4.78, 5) is 0.970. The second-order valence-electron chi connectivity index (χ2n) is 3.58. The van der Waals surface area contributed by atoms with Gasteiger partial charge in [0.15, 0.2) is 0 Å². The fraction of sp³-hybridized carbons (Fsp3) is 0.200. The molecular weight excluding hydrogens is 422 g/mol. The molecule has 0 amide bonds. The largest absolute Gasteiger partial charge is 0.250 e. The number of aryl methyl sites for hydroxylation is 1. The van der Waals surface area contributed by atoms with Crippen molar-refractivity contribution >= 4 is 64.6 Å². The van der Waals surface area contributed by atoms with E-state index in [-0.39, 0.29) is 0 Å². The Labute approximate surface area is 131 Å². The molecule has 1 N–H and O–H groups in total. The number of hydrogen-bond acceptors (Lipinski definition) is 4. The molecule has 0 atom stereocenters. The highest BCUT2D eigenvalue weighted by Crippen LogP contribution is 2.30. The van der Waals surface area contributed by atoms with E-state index in [1.165, 1.54) is 22.7 Å². The SMILES string of the molecule is Cc1cc(S(=O)(=O)NCc2cc(Br)cs2)sc1Br. The van der Waals surface area contributed by atoms with Gasteiger partial charge >= 0.3 is 0 Å². The molecule has 0 radical (unpaired) electrons. The van der Waals surface area contributed by atoms with E-state index in [1.807, 2.05) is 18.4 Å². The van der Waals surface area contributed by atoms with Crippen molar-refractivity contribution in [2.45, 2.75) is 17.7 Å². The molecule has 3 nitrogen and oxygen atoms in total. The number of thiophene rings is 2. The van der Waals surface area contributed by atoms with E-state index in [9.17, 15) is 8.42 Å². The topological polar surface area (TPSA) is 46.2 Å². The van der Waals surface area contributed by atoms with Crippen molar-refractivity contribution in [2.75, 3.05) is 0 Å². The lowest BCUT2D eigenvalue weighted by Gasteiger charge is -2.02. The van der Waals surface area contributed by atoms with Crippen molar-refractivity contribution in [1.82, 2.24) is 4.72 Å². The summed E-state index contributed by atoms with van der Waals surface area (Å²) in [6.07, 6.45) is 0. The maximum absolute atomic E-state index is 12.0. The van der Waals surface area contributed by atoms with Crippen LogP contribution in [-0.4, -0.2) is 8.42 Å². The molecule has 0 bridgehead atoms. The van der Waals surface area contributed by atoms with Crippen LogP contribution in [0, 0.1) is 6.92 Å². The third-order valence-corrected chi connectivity index (χ3v) is 7.87. The molecule has 0 saturated heterocycles. The quantitative estimate of drug-likeness (QED) is 0.792. The number of halogens is 2. The first-order valence-corrected chi connectivity index (χ1v) is 9.63. The smallest absolute Gasteiger partial charge is 0.206 e. The van der Waals surface area contributed by atoms with Gasteiger partial charge in [0.05, 0.1) is 3.79 Å². The summed E-state index contributed by atoms with van der Waals surface area (Å²) >= 11 is 9.41. The molecule has 2 rings (SSSR count). The zero-order chi connectivity index (χ0) is 13.3. The van der Waals surface area contributed by atoms with Crippen LogP contribution >= 0.6 is 54.5 Å². The van der Waals surface area contributed by atoms with Crippen LogP contribution in [0.1, 0.15) is 10.4 Å². The van der Waals surface area contributed by atoms with Crippen LogP contribution in [0.5, 0.6) is 0 Å². The lowest BCUT2D eigenvalue weighted by molar-refractivity contribution is 0.584. The van der Waals surface area contributed by atoms with Crippen LogP contribution in [0.15, 0.2) is 30.0 Å². The van der Waals surface area contributed by atoms with Gasteiger partial charge in [-0.25, -0.2) is 13.1 Å². The van der Waals surface area contributed by atoms with Crippen molar-refractivity contribution in [3.63, 3.8) is 0 Å². The molecule has 2 aromatic heterocycles. The standard InChI is InChI=1S/C10H9Br2NO2S3/c1-6-2-9(17-10(6)12)18(14,15)13-4-8-3-7(11)5-16-8/h2-3,5,13H,4H2,1H3. The Bertz CT molecular complexity index is 641. The first-order valence-electron chi connectivity index (χ1n) is 4.87. The highest BCUT2D eigenvalue weighted by atomic mass is 79.9. The van der Waals surface area contributed by atoms with E-state index >= 15 is 0 Å². The lowest BCUT2D eigenvalue weighted by atomic mass is 10.4. The Morgan fingerprint density at radius 3 is 2.56 bits per heavy atom. The first-order chi connectivity index (χ1) is 8.38. The van der Waals surface area contributed by atoms with Crippen molar-refractivity contribution in [1.29, 1.82) is 0 Å². The van der Waals surface area contributed by atoms with Crippen molar-refractivity contribution in [3.05, 3.63) is 36.2 Å². The molecular formula is C10H9Br2NO2S3. The monoisotopic (exact) mass is 429 g/mol.